The molecule has 0 spiro atoms. The van der Waals surface area contributed by atoms with Crippen LogP contribution in [0.15, 0.2) is 22.7 Å². The van der Waals surface area contributed by atoms with Gasteiger partial charge in [-0.2, -0.15) is 4.31 Å². The second-order valence-electron chi connectivity index (χ2n) is 5.12. The lowest BCUT2D eigenvalue weighted by atomic mass is 10.0. The first-order valence-electron chi connectivity index (χ1n) is 6.67. The van der Waals surface area contributed by atoms with Crippen LogP contribution in [0.25, 0.3) is 0 Å². The fraction of sp³-hybridized carbons (Fsp3) is 0.538. The molecule has 0 aromatic heterocycles. The zero-order chi connectivity index (χ0) is 15.6. The van der Waals surface area contributed by atoms with Gasteiger partial charge < -0.3 is 5.73 Å². The molecular weight excluding hydrogens is 361 g/mol. The van der Waals surface area contributed by atoms with Gasteiger partial charge in [0.2, 0.25) is 10.0 Å². The molecule has 1 aliphatic rings. The third-order valence-corrected chi connectivity index (χ3v) is 5.52. The van der Waals surface area contributed by atoms with Crippen LogP contribution in [0.4, 0.5) is 4.39 Å². The monoisotopic (exact) mass is 379 g/mol. The smallest absolute Gasteiger partial charge is 0.211 e. The Balaban J connectivity index is 2.15. The highest BCUT2D eigenvalue weighted by molar-refractivity contribution is 9.10. The van der Waals surface area contributed by atoms with E-state index in [9.17, 15) is 12.8 Å². The SMILES string of the molecule is CS(=O)(=O)N1CCN(C(CN)c2cc(Br)ccc2F)CC1. The molecule has 1 heterocycles. The molecule has 2 rings (SSSR count). The summed E-state index contributed by atoms with van der Waals surface area (Å²) < 4.78 is 39.3. The van der Waals surface area contributed by atoms with Gasteiger partial charge in [-0.25, -0.2) is 12.8 Å². The van der Waals surface area contributed by atoms with E-state index < -0.39 is 10.0 Å². The van der Waals surface area contributed by atoms with Crippen LogP contribution in [-0.2, 0) is 10.0 Å². The van der Waals surface area contributed by atoms with E-state index in [1.165, 1.54) is 16.6 Å². The quantitative estimate of drug-likeness (QED) is 0.852. The average molecular weight is 380 g/mol. The fourth-order valence-electron chi connectivity index (χ4n) is 2.59. The predicted octanol–water partition coefficient (Wildman–Crippen LogP) is 1.17. The Morgan fingerprint density at radius 3 is 2.48 bits per heavy atom. The van der Waals surface area contributed by atoms with Crippen molar-refractivity contribution in [2.24, 2.45) is 5.73 Å². The second-order valence-corrected chi connectivity index (χ2v) is 8.01. The molecule has 1 unspecified atom stereocenters. The van der Waals surface area contributed by atoms with Crippen molar-refractivity contribution in [2.45, 2.75) is 6.04 Å². The zero-order valence-corrected chi connectivity index (χ0v) is 14.2. The summed E-state index contributed by atoms with van der Waals surface area (Å²) >= 11 is 3.34. The highest BCUT2D eigenvalue weighted by Crippen LogP contribution is 2.26. The van der Waals surface area contributed by atoms with Crippen molar-refractivity contribution >= 4 is 26.0 Å². The van der Waals surface area contributed by atoms with Crippen LogP contribution in [0.3, 0.4) is 0 Å². The molecule has 0 amide bonds. The lowest BCUT2D eigenvalue weighted by Gasteiger charge is -2.38. The molecule has 1 aromatic carbocycles. The van der Waals surface area contributed by atoms with E-state index in [2.05, 4.69) is 15.9 Å². The van der Waals surface area contributed by atoms with Gasteiger partial charge in [0.15, 0.2) is 0 Å². The number of nitrogens with zero attached hydrogens (tertiary/aromatic N) is 2. The summed E-state index contributed by atoms with van der Waals surface area (Å²) in [5.41, 5.74) is 6.36. The number of piperazine rings is 1. The van der Waals surface area contributed by atoms with Crippen molar-refractivity contribution in [3.05, 3.63) is 34.1 Å². The first kappa shape index (κ1) is 16.8. The number of sulfonamides is 1. The van der Waals surface area contributed by atoms with Crippen LogP contribution >= 0.6 is 15.9 Å². The molecule has 1 fully saturated rings. The Morgan fingerprint density at radius 2 is 1.95 bits per heavy atom. The number of halogens is 2. The van der Waals surface area contributed by atoms with Gasteiger partial charge in [-0.05, 0) is 18.2 Å². The first-order valence-corrected chi connectivity index (χ1v) is 9.31. The standard InChI is InChI=1S/C13H19BrFN3O2S/c1-21(19,20)18-6-4-17(5-7-18)13(9-16)11-8-10(14)2-3-12(11)15/h2-3,8,13H,4-7,9,16H2,1H3. The summed E-state index contributed by atoms with van der Waals surface area (Å²) in [4.78, 5) is 2.03. The Kier molecular flexibility index (Phi) is 5.37. The van der Waals surface area contributed by atoms with Gasteiger partial charge in [0.25, 0.3) is 0 Å². The fourth-order valence-corrected chi connectivity index (χ4v) is 3.79. The Labute approximate surface area is 133 Å². The van der Waals surface area contributed by atoms with Crippen molar-refractivity contribution in [3.8, 4) is 0 Å². The molecule has 2 N–H and O–H groups in total. The van der Waals surface area contributed by atoms with E-state index in [1.807, 2.05) is 4.90 Å². The zero-order valence-electron chi connectivity index (χ0n) is 11.8. The van der Waals surface area contributed by atoms with E-state index in [4.69, 9.17) is 5.73 Å². The van der Waals surface area contributed by atoms with Crippen molar-refractivity contribution in [1.29, 1.82) is 0 Å². The van der Waals surface area contributed by atoms with Crippen LogP contribution in [-0.4, -0.2) is 56.6 Å². The molecule has 8 heteroatoms. The topological polar surface area (TPSA) is 66.6 Å². The summed E-state index contributed by atoms with van der Waals surface area (Å²) in [6, 6.07) is 4.54. The minimum Gasteiger partial charge on any atom is -0.329 e. The van der Waals surface area contributed by atoms with Crippen molar-refractivity contribution < 1.29 is 12.8 Å². The third-order valence-electron chi connectivity index (χ3n) is 3.72. The first-order chi connectivity index (χ1) is 9.82. The van der Waals surface area contributed by atoms with Crippen LogP contribution in [0, 0.1) is 5.82 Å². The van der Waals surface area contributed by atoms with Gasteiger partial charge >= 0.3 is 0 Å². The maximum Gasteiger partial charge on any atom is 0.211 e. The molecule has 1 aliphatic heterocycles. The van der Waals surface area contributed by atoms with Crippen LogP contribution in [0.1, 0.15) is 11.6 Å². The van der Waals surface area contributed by atoms with Gasteiger partial charge in [0.1, 0.15) is 5.82 Å². The number of benzene rings is 1. The van der Waals surface area contributed by atoms with E-state index in [0.29, 0.717) is 31.7 Å². The van der Waals surface area contributed by atoms with Crippen molar-refractivity contribution in [2.75, 3.05) is 39.0 Å². The van der Waals surface area contributed by atoms with Gasteiger partial charge in [-0.1, -0.05) is 15.9 Å². The largest absolute Gasteiger partial charge is 0.329 e. The summed E-state index contributed by atoms with van der Waals surface area (Å²) in [5, 5.41) is 0. The van der Waals surface area contributed by atoms with Gasteiger partial charge in [0.05, 0.1) is 12.3 Å². The lowest BCUT2D eigenvalue weighted by Crippen LogP contribution is -2.50. The minimum atomic E-state index is -3.17. The summed E-state index contributed by atoms with van der Waals surface area (Å²) in [7, 11) is -3.17. The molecule has 21 heavy (non-hydrogen) atoms. The van der Waals surface area contributed by atoms with E-state index in [-0.39, 0.29) is 18.4 Å². The molecule has 0 bridgehead atoms. The highest BCUT2D eigenvalue weighted by Gasteiger charge is 2.29. The number of hydrogen-bond acceptors (Lipinski definition) is 4. The van der Waals surface area contributed by atoms with Gasteiger partial charge in [-0.15, -0.1) is 0 Å². The van der Waals surface area contributed by atoms with Crippen molar-refractivity contribution in [1.82, 2.24) is 9.21 Å². The van der Waals surface area contributed by atoms with E-state index in [0.717, 1.165) is 4.47 Å². The lowest BCUT2D eigenvalue weighted by molar-refractivity contribution is 0.138. The highest BCUT2D eigenvalue weighted by atomic mass is 79.9. The molecule has 0 aliphatic carbocycles. The molecule has 5 nitrogen and oxygen atoms in total. The Hall–Kier alpha value is -0.540. The van der Waals surface area contributed by atoms with Gasteiger partial charge in [-0.3, -0.25) is 4.90 Å². The number of rotatable bonds is 4. The number of hydrogen-bond donors (Lipinski definition) is 1. The molecule has 1 saturated heterocycles. The van der Waals surface area contributed by atoms with Gasteiger partial charge in [0, 0.05) is 42.8 Å². The minimum absolute atomic E-state index is 0.246. The normalized spacial score (nSPS) is 19.6. The van der Waals surface area contributed by atoms with Crippen LogP contribution in [0.5, 0.6) is 0 Å². The molecule has 0 saturated carbocycles. The average Bonchev–Trinajstić information content (AvgIpc) is 2.43. The maximum absolute atomic E-state index is 14.0. The molecule has 118 valence electrons. The summed E-state index contributed by atoms with van der Waals surface area (Å²) in [6.07, 6.45) is 1.21. The van der Waals surface area contributed by atoms with E-state index >= 15 is 0 Å². The Morgan fingerprint density at radius 1 is 1.33 bits per heavy atom. The van der Waals surface area contributed by atoms with Crippen LogP contribution < -0.4 is 5.73 Å². The molecule has 1 atom stereocenters. The summed E-state index contributed by atoms with van der Waals surface area (Å²) in [6.45, 7) is 2.18. The molecular formula is C13H19BrFN3O2S. The second kappa shape index (κ2) is 6.70. The third kappa shape index (κ3) is 4.01. The molecule has 1 aromatic rings. The van der Waals surface area contributed by atoms with Crippen molar-refractivity contribution in [3.63, 3.8) is 0 Å². The summed E-state index contributed by atoms with van der Waals surface area (Å²) in [5.74, 6) is -0.292. The maximum atomic E-state index is 14.0. The predicted molar refractivity (Wildman–Crippen MR) is 83.9 cm³/mol. The van der Waals surface area contributed by atoms with E-state index in [1.54, 1.807) is 12.1 Å². The Bertz CT molecular complexity index is 603. The van der Waals surface area contributed by atoms with Crippen LogP contribution in [0.2, 0.25) is 0 Å². The number of nitrogens with two attached hydrogens (primary N) is 1. The molecule has 0 radical (unpaired) electrons.